The van der Waals surface area contributed by atoms with Crippen molar-refractivity contribution in [2.45, 2.75) is 0 Å². The average Bonchev–Trinajstić information content (AvgIpc) is 2.59. The highest BCUT2D eigenvalue weighted by Gasteiger charge is 1.95. The molecular formula is C10H11N3. The molecule has 0 aliphatic rings. The van der Waals surface area contributed by atoms with Crippen LogP contribution in [0.1, 0.15) is 11.1 Å². The van der Waals surface area contributed by atoms with Gasteiger partial charge in [0, 0.05) is 12.4 Å². The molecule has 13 heavy (non-hydrogen) atoms. The second-order valence-corrected chi connectivity index (χ2v) is 2.29. The van der Waals surface area contributed by atoms with Crippen LogP contribution >= 0.6 is 0 Å². The minimum absolute atomic E-state index is 0.356. The Labute approximate surface area is 77.5 Å². The first-order chi connectivity index (χ1) is 6.38. The molecule has 0 unspecified atom stereocenters. The standard InChI is InChI=1S/C10H11N3/c11-5-1-3-9-7-13-8-10(9)4-2-6-12/h7-8,13H,5-6,11-12H2. The molecule has 0 aromatic carbocycles. The van der Waals surface area contributed by atoms with E-state index in [1.165, 1.54) is 0 Å². The molecule has 0 radical (unpaired) electrons. The van der Waals surface area contributed by atoms with Crippen molar-refractivity contribution in [3.63, 3.8) is 0 Å². The first-order valence-corrected chi connectivity index (χ1v) is 3.93. The molecule has 3 heteroatoms. The number of hydrogen-bond donors (Lipinski definition) is 3. The number of hydrogen-bond acceptors (Lipinski definition) is 2. The fourth-order valence-corrected chi connectivity index (χ4v) is 0.863. The summed E-state index contributed by atoms with van der Waals surface area (Å²) in [5.41, 5.74) is 12.2. The van der Waals surface area contributed by atoms with E-state index in [2.05, 4.69) is 28.7 Å². The van der Waals surface area contributed by atoms with Gasteiger partial charge in [-0.05, 0) is 0 Å². The van der Waals surface area contributed by atoms with Crippen LogP contribution in [-0.2, 0) is 0 Å². The Balaban J connectivity index is 2.89. The van der Waals surface area contributed by atoms with Crippen molar-refractivity contribution in [3.05, 3.63) is 23.5 Å². The van der Waals surface area contributed by atoms with E-state index in [0.717, 1.165) is 11.1 Å². The fourth-order valence-electron chi connectivity index (χ4n) is 0.863. The highest BCUT2D eigenvalue weighted by atomic mass is 14.6. The molecule has 0 amide bonds. The third kappa shape index (κ3) is 2.68. The van der Waals surface area contributed by atoms with Gasteiger partial charge < -0.3 is 16.5 Å². The summed E-state index contributed by atoms with van der Waals surface area (Å²) in [6, 6.07) is 0. The Kier molecular flexibility index (Phi) is 3.66. The molecule has 3 nitrogen and oxygen atoms in total. The van der Waals surface area contributed by atoms with E-state index in [0.29, 0.717) is 13.1 Å². The molecule has 0 bridgehead atoms. The van der Waals surface area contributed by atoms with Gasteiger partial charge in [-0.3, -0.25) is 0 Å². The van der Waals surface area contributed by atoms with Crippen molar-refractivity contribution in [1.82, 2.24) is 4.98 Å². The Hall–Kier alpha value is -1.68. The van der Waals surface area contributed by atoms with Gasteiger partial charge in [0.2, 0.25) is 0 Å². The van der Waals surface area contributed by atoms with E-state index in [-0.39, 0.29) is 0 Å². The molecule has 5 N–H and O–H groups in total. The smallest absolute Gasteiger partial charge is 0.0577 e. The maximum absolute atomic E-state index is 5.26. The zero-order chi connectivity index (χ0) is 9.52. The van der Waals surface area contributed by atoms with Crippen LogP contribution in [0.3, 0.4) is 0 Å². The van der Waals surface area contributed by atoms with E-state index in [4.69, 9.17) is 11.5 Å². The predicted molar refractivity (Wildman–Crippen MR) is 52.7 cm³/mol. The lowest BCUT2D eigenvalue weighted by atomic mass is 10.2. The summed E-state index contributed by atoms with van der Waals surface area (Å²) in [5, 5.41) is 0. The number of aromatic amines is 1. The zero-order valence-electron chi connectivity index (χ0n) is 7.22. The number of aromatic nitrogens is 1. The maximum Gasteiger partial charge on any atom is 0.0577 e. The van der Waals surface area contributed by atoms with Gasteiger partial charge in [-0.15, -0.1) is 0 Å². The highest BCUT2D eigenvalue weighted by Crippen LogP contribution is 2.03. The lowest BCUT2D eigenvalue weighted by Gasteiger charge is -1.83. The van der Waals surface area contributed by atoms with Crippen LogP contribution in [0, 0.1) is 23.7 Å². The molecule has 1 heterocycles. The van der Waals surface area contributed by atoms with Crippen LogP contribution in [-0.4, -0.2) is 18.1 Å². The third-order valence-electron chi connectivity index (χ3n) is 1.40. The van der Waals surface area contributed by atoms with Crippen molar-refractivity contribution >= 4 is 0 Å². The van der Waals surface area contributed by atoms with Gasteiger partial charge in [0.05, 0.1) is 24.2 Å². The number of nitrogens with one attached hydrogen (secondary N) is 1. The Morgan fingerprint density at radius 2 is 1.46 bits per heavy atom. The summed E-state index contributed by atoms with van der Waals surface area (Å²) in [6.07, 6.45) is 3.59. The summed E-state index contributed by atoms with van der Waals surface area (Å²) < 4.78 is 0. The lowest BCUT2D eigenvalue weighted by molar-refractivity contribution is 1.30. The minimum Gasteiger partial charge on any atom is -0.365 e. The Bertz CT molecular complexity index is 345. The van der Waals surface area contributed by atoms with E-state index < -0.39 is 0 Å². The minimum atomic E-state index is 0.356. The van der Waals surface area contributed by atoms with E-state index in [1.807, 2.05) is 0 Å². The van der Waals surface area contributed by atoms with Gasteiger partial charge in [0.1, 0.15) is 0 Å². The second kappa shape index (κ2) is 5.05. The topological polar surface area (TPSA) is 67.8 Å². The van der Waals surface area contributed by atoms with Crippen LogP contribution < -0.4 is 11.5 Å². The third-order valence-corrected chi connectivity index (χ3v) is 1.40. The molecule has 1 aromatic rings. The molecule has 0 fully saturated rings. The molecule has 0 saturated carbocycles. The van der Waals surface area contributed by atoms with Gasteiger partial charge in [0.25, 0.3) is 0 Å². The summed E-state index contributed by atoms with van der Waals surface area (Å²) in [6.45, 7) is 0.712. The Morgan fingerprint density at radius 3 is 1.85 bits per heavy atom. The molecule has 0 atom stereocenters. The maximum atomic E-state index is 5.26. The molecule has 0 aliphatic heterocycles. The first kappa shape index (κ1) is 9.41. The van der Waals surface area contributed by atoms with Crippen LogP contribution in [0.25, 0.3) is 0 Å². The largest absolute Gasteiger partial charge is 0.365 e. The lowest BCUT2D eigenvalue weighted by Crippen LogP contribution is -1.94. The molecule has 1 aromatic heterocycles. The van der Waals surface area contributed by atoms with E-state index in [1.54, 1.807) is 12.4 Å². The summed E-state index contributed by atoms with van der Waals surface area (Å²) >= 11 is 0. The molecule has 0 saturated heterocycles. The number of rotatable bonds is 0. The second-order valence-electron chi connectivity index (χ2n) is 2.29. The van der Waals surface area contributed by atoms with E-state index in [9.17, 15) is 0 Å². The number of nitrogens with two attached hydrogens (primary N) is 2. The zero-order valence-corrected chi connectivity index (χ0v) is 7.22. The van der Waals surface area contributed by atoms with Crippen molar-refractivity contribution in [2.75, 3.05) is 13.1 Å². The molecule has 1 rings (SSSR count). The van der Waals surface area contributed by atoms with Gasteiger partial charge in [-0.1, -0.05) is 23.7 Å². The first-order valence-electron chi connectivity index (χ1n) is 3.93. The number of H-pyrrole nitrogens is 1. The van der Waals surface area contributed by atoms with Crippen LogP contribution in [0.15, 0.2) is 12.4 Å². The van der Waals surface area contributed by atoms with Crippen LogP contribution in [0.4, 0.5) is 0 Å². The molecule has 0 spiro atoms. The van der Waals surface area contributed by atoms with Crippen molar-refractivity contribution < 1.29 is 0 Å². The van der Waals surface area contributed by atoms with Gasteiger partial charge in [-0.25, -0.2) is 0 Å². The quantitative estimate of drug-likeness (QED) is 0.469. The fraction of sp³-hybridized carbons (Fsp3) is 0.200. The van der Waals surface area contributed by atoms with Crippen molar-refractivity contribution in [2.24, 2.45) is 11.5 Å². The summed E-state index contributed by atoms with van der Waals surface area (Å²) in [4.78, 5) is 2.93. The van der Waals surface area contributed by atoms with Gasteiger partial charge in [-0.2, -0.15) is 0 Å². The van der Waals surface area contributed by atoms with Gasteiger partial charge >= 0.3 is 0 Å². The van der Waals surface area contributed by atoms with Crippen molar-refractivity contribution in [1.29, 1.82) is 0 Å². The molecule has 66 valence electrons. The van der Waals surface area contributed by atoms with E-state index >= 15 is 0 Å². The molecule has 0 aliphatic carbocycles. The van der Waals surface area contributed by atoms with Crippen LogP contribution in [0.2, 0.25) is 0 Å². The van der Waals surface area contributed by atoms with Gasteiger partial charge in [0.15, 0.2) is 0 Å². The summed E-state index contributed by atoms with van der Waals surface area (Å²) in [5.74, 6) is 11.4. The van der Waals surface area contributed by atoms with Crippen molar-refractivity contribution in [3.8, 4) is 23.7 Å². The normalized spacial score (nSPS) is 8.15. The average molecular weight is 173 g/mol. The van der Waals surface area contributed by atoms with Crippen LogP contribution in [0.5, 0.6) is 0 Å². The Morgan fingerprint density at radius 1 is 1.00 bits per heavy atom. The highest BCUT2D eigenvalue weighted by molar-refractivity contribution is 5.48. The summed E-state index contributed by atoms with van der Waals surface area (Å²) in [7, 11) is 0. The predicted octanol–water partition coefficient (Wildman–Crippen LogP) is -0.365. The molecular weight excluding hydrogens is 162 g/mol. The SMILES string of the molecule is NCC#Cc1c[nH]cc1C#CCN. The monoisotopic (exact) mass is 173 g/mol.